The largest absolute Gasteiger partial charge is 0.352 e. The molecule has 1 aliphatic heterocycles. The Hall–Kier alpha value is -3.15. The maximum atomic E-state index is 12.1. The number of piperazine rings is 1. The number of aromatic nitrogens is 2. The van der Waals surface area contributed by atoms with Crippen LogP contribution in [-0.2, 0) is 0 Å². The number of hydrogen-bond donors (Lipinski definition) is 1. The summed E-state index contributed by atoms with van der Waals surface area (Å²) < 4.78 is 0. The lowest BCUT2D eigenvalue weighted by molar-refractivity contribution is 0.195. The number of rotatable bonds is 3. The quantitative estimate of drug-likeness (QED) is 0.778. The van der Waals surface area contributed by atoms with Crippen molar-refractivity contribution in [2.45, 2.75) is 6.92 Å². The van der Waals surface area contributed by atoms with Crippen molar-refractivity contribution < 1.29 is 4.79 Å². The highest BCUT2D eigenvalue weighted by Crippen LogP contribution is 2.28. The van der Waals surface area contributed by atoms with Crippen LogP contribution in [0.1, 0.15) is 6.92 Å². The average Bonchev–Trinajstić information content (AvgIpc) is 2.74. The monoisotopic (exact) mass is 361 g/mol. The molecule has 0 unspecified atom stereocenters. The minimum absolute atomic E-state index is 0.00895. The molecule has 6 heteroatoms. The molecule has 0 saturated carbocycles. The van der Waals surface area contributed by atoms with Crippen LogP contribution < -0.4 is 10.2 Å². The molecule has 3 aromatic rings. The van der Waals surface area contributed by atoms with Crippen molar-refractivity contribution in [3.8, 4) is 11.4 Å². The highest BCUT2D eigenvalue weighted by molar-refractivity contribution is 5.91. The van der Waals surface area contributed by atoms with Crippen molar-refractivity contribution >= 4 is 22.8 Å². The van der Waals surface area contributed by atoms with Crippen molar-refractivity contribution in [1.82, 2.24) is 20.2 Å². The number of urea groups is 1. The molecular weight excluding hydrogens is 338 g/mol. The van der Waals surface area contributed by atoms with Crippen LogP contribution in [0.25, 0.3) is 22.3 Å². The maximum absolute atomic E-state index is 12.1. The Morgan fingerprint density at radius 3 is 2.41 bits per heavy atom. The number of nitrogens with one attached hydrogen (secondary N) is 1. The van der Waals surface area contributed by atoms with Crippen LogP contribution in [0.5, 0.6) is 0 Å². The number of fused-ring (bicyclic) bond motifs is 1. The fraction of sp³-hybridized carbons (Fsp3) is 0.286. The lowest BCUT2D eigenvalue weighted by atomic mass is 10.1. The molecule has 138 valence electrons. The standard InChI is InChI=1S/C21H23N5O/c1-2-22-21(27)26-14-12-25(13-15-26)20-17-10-6-7-11-18(17)23-19(24-20)16-8-4-3-5-9-16/h3-11H,2,12-15H2,1H3,(H,22,27). The molecular formula is C21H23N5O. The van der Waals surface area contributed by atoms with Crippen LogP contribution in [0, 0.1) is 0 Å². The zero-order valence-corrected chi connectivity index (χ0v) is 15.4. The predicted octanol–water partition coefficient (Wildman–Crippen LogP) is 3.15. The minimum Gasteiger partial charge on any atom is -0.352 e. The van der Waals surface area contributed by atoms with E-state index in [0.29, 0.717) is 19.6 Å². The third-order valence-electron chi connectivity index (χ3n) is 4.81. The summed E-state index contributed by atoms with van der Waals surface area (Å²) in [4.78, 5) is 25.8. The Bertz CT molecular complexity index is 936. The molecule has 1 N–H and O–H groups in total. The van der Waals surface area contributed by atoms with Gasteiger partial charge in [0.2, 0.25) is 0 Å². The van der Waals surface area contributed by atoms with Crippen LogP contribution in [0.15, 0.2) is 54.6 Å². The number of carbonyl (C=O) groups excluding carboxylic acids is 1. The van der Waals surface area contributed by atoms with Gasteiger partial charge in [-0.05, 0) is 19.1 Å². The van der Waals surface area contributed by atoms with E-state index in [1.165, 1.54) is 0 Å². The summed E-state index contributed by atoms with van der Waals surface area (Å²) in [7, 11) is 0. The molecule has 2 amide bonds. The van der Waals surface area contributed by atoms with Crippen LogP contribution in [0.4, 0.5) is 10.6 Å². The second kappa shape index (κ2) is 7.61. The first-order valence-corrected chi connectivity index (χ1v) is 9.36. The first kappa shape index (κ1) is 17.3. The highest BCUT2D eigenvalue weighted by Gasteiger charge is 2.23. The number of nitrogens with zero attached hydrogens (tertiary/aromatic N) is 4. The summed E-state index contributed by atoms with van der Waals surface area (Å²) in [5.41, 5.74) is 1.94. The molecule has 6 nitrogen and oxygen atoms in total. The first-order chi connectivity index (χ1) is 13.3. The van der Waals surface area contributed by atoms with E-state index >= 15 is 0 Å². The van der Waals surface area contributed by atoms with Gasteiger partial charge in [0.15, 0.2) is 5.82 Å². The molecule has 0 spiro atoms. The molecule has 1 aromatic heterocycles. The molecule has 1 fully saturated rings. The zero-order chi connectivity index (χ0) is 18.6. The number of amides is 2. The third kappa shape index (κ3) is 3.56. The fourth-order valence-electron chi connectivity index (χ4n) is 3.40. The zero-order valence-electron chi connectivity index (χ0n) is 15.4. The van der Waals surface area contributed by atoms with Gasteiger partial charge >= 0.3 is 6.03 Å². The van der Waals surface area contributed by atoms with Crippen LogP contribution in [0.2, 0.25) is 0 Å². The Morgan fingerprint density at radius 2 is 1.67 bits per heavy atom. The molecule has 0 radical (unpaired) electrons. The van der Waals surface area contributed by atoms with Gasteiger partial charge in [-0.3, -0.25) is 0 Å². The average molecular weight is 361 g/mol. The van der Waals surface area contributed by atoms with Crippen LogP contribution >= 0.6 is 0 Å². The summed E-state index contributed by atoms with van der Waals surface area (Å²) in [6, 6.07) is 18.2. The molecule has 4 rings (SSSR count). The molecule has 2 aromatic carbocycles. The van der Waals surface area contributed by atoms with Crippen LogP contribution in [-0.4, -0.2) is 53.6 Å². The van der Waals surface area contributed by atoms with E-state index in [1.54, 1.807) is 0 Å². The van der Waals surface area contributed by atoms with E-state index in [0.717, 1.165) is 41.2 Å². The number of benzene rings is 2. The van der Waals surface area contributed by atoms with Gasteiger partial charge in [0.05, 0.1) is 5.52 Å². The second-order valence-corrected chi connectivity index (χ2v) is 6.56. The Morgan fingerprint density at radius 1 is 0.963 bits per heavy atom. The Labute approximate surface area is 158 Å². The first-order valence-electron chi connectivity index (χ1n) is 9.36. The topological polar surface area (TPSA) is 61.4 Å². The lowest BCUT2D eigenvalue weighted by Gasteiger charge is -2.35. The van der Waals surface area contributed by atoms with Crippen molar-refractivity contribution in [3.05, 3.63) is 54.6 Å². The Balaban J connectivity index is 1.66. The highest BCUT2D eigenvalue weighted by atomic mass is 16.2. The summed E-state index contributed by atoms with van der Waals surface area (Å²) >= 11 is 0. The number of hydrogen-bond acceptors (Lipinski definition) is 4. The summed E-state index contributed by atoms with van der Waals surface area (Å²) in [5.74, 6) is 1.67. The van der Waals surface area contributed by atoms with Gasteiger partial charge in [0.1, 0.15) is 5.82 Å². The van der Waals surface area contributed by atoms with Crippen LogP contribution in [0.3, 0.4) is 0 Å². The van der Waals surface area contributed by atoms with Gasteiger partial charge in [-0.1, -0.05) is 42.5 Å². The SMILES string of the molecule is CCNC(=O)N1CCN(c2nc(-c3ccccc3)nc3ccccc23)CC1. The van der Waals surface area contributed by atoms with E-state index in [1.807, 2.05) is 60.4 Å². The number of para-hydroxylation sites is 1. The van der Waals surface area contributed by atoms with Crippen molar-refractivity contribution in [1.29, 1.82) is 0 Å². The lowest BCUT2D eigenvalue weighted by Crippen LogP contribution is -2.52. The fourth-order valence-corrected chi connectivity index (χ4v) is 3.40. The smallest absolute Gasteiger partial charge is 0.317 e. The van der Waals surface area contributed by atoms with Gasteiger partial charge in [-0.2, -0.15) is 0 Å². The van der Waals surface area contributed by atoms with Gasteiger partial charge in [-0.15, -0.1) is 0 Å². The third-order valence-corrected chi connectivity index (χ3v) is 4.81. The van der Waals surface area contributed by atoms with E-state index in [4.69, 9.17) is 9.97 Å². The van der Waals surface area contributed by atoms with E-state index in [-0.39, 0.29) is 6.03 Å². The van der Waals surface area contributed by atoms with E-state index in [9.17, 15) is 4.79 Å². The molecule has 1 aliphatic rings. The molecule has 0 atom stereocenters. The van der Waals surface area contributed by atoms with Gasteiger partial charge in [0.25, 0.3) is 0 Å². The maximum Gasteiger partial charge on any atom is 0.317 e. The molecule has 1 saturated heterocycles. The van der Waals surface area contributed by atoms with E-state index in [2.05, 4.69) is 16.3 Å². The van der Waals surface area contributed by atoms with Crippen molar-refractivity contribution in [2.75, 3.05) is 37.6 Å². The van der Waals surface area contributed by atoms with E-state index < -0.39 is 0 Å². The normalized spacial score (nSPS) is 14.4. The van der Waals surface area contributed by atoms with Crippen molar-refractivity contribution in [2.24, 2.45) is 0 Å². The van der Waals surface area contributed by atoms with Gasteiger partial charge in [-0.25, -0.2) is 14.8 Å². The molecule has 0 bridgehead atoms. The Kier molecular flexibility index (Phi) is 4.87. The molecule has 27 heavy (non-hydrogen) atoms. The van der Waals surface area contributed by atoms with Gasteiger partial charge < -0.3 is 15.1 Å². The predicted molar refractivity (Wildman–Crippen MR) is 108 cm³/mol. The molecule has 2 heterocycles. The summed E-state index contributed by atoms with van der Waals surface area (Å²) in [5, 5.41) is 3.92. The minimum atomic E-state index is 0.00895. The summed E-state index contributed by atoms with van der Waals surface area (Å²) in [6.45, 7) is 5.47. The number of anilines is 1. The molecule has 0 aliphatic carbocycles. The number of carbonyl (C=O) groups is 1. The summed E-state index contributed by atoms with van der Waals surface area (Å²) in [6.07, 6.45) is 0. The van der Waals surface area contributed by atoms with Gasteiger partial charge in [0, 0.05) is 43.7 Å². The second-order valence-electron chi connectivity index (χ2n) is 6.56. The van der Waals surface area contributed by atoms with Crippen molar-refractivity contribution in [3.63, 3.8) is 0 Å².